The first-order chi connectivity index (χ1) is 38.4. The van der Waals surface area contributed by atoms with Gasteiger partial charge in [-0.25, -0.2) is 0 Å². The van der Waals surface area contributed by atoms with Crippen LogP contribution in [0.1, 0.15) is 104 Å². The molecule has 14 rings (SSSR count). The second-order valence-electron chi connectivity index (χ2n) is 26.2. The molecule has 0 fully saturated rings. The fraction of sp³-hybridized carbons (Fsp3) is 0.200. The van der Waals surface area contributed by atoms with Crippen molar-refractivity contribution < 1.29 is 0 Å². The first-order valence-electron chi connectivity index (χ1n) is 28.7. The van der Waals surface area contributed by atoms with Crippen molar-refractivity contribution in [1.82, 2.24) is 4.57 Å². The van der Waals surface area contributed by atoms with Crippen molar-refractivity contribution in [3.8, 4) is 16.8 Å². The number of benzene rings is 10. The number of rotatable bonds is 6. The molecule has 3 aliphatic rings. The third kappa shape index (κ3) is 7.57. The van der Waals surface area contributed by atoms with Gasteiger partial charge in [0.05, 0.1) is 22.4 Å². The standard InChI is InChI=1S/C75H69BN4/c1-72(2,3)48-34-39-53(40-35-48)78-64-43-38-50(74(7,8)9)44-60(64)76-61-47-65(80-62-32-22-19-28-56(62)57-29-20-23-33-63(57)80)69-68(58-30-18-21-31-59(58)75(69,10)11)71(61)79(54-41-36-49(37-42-54)73(4,5)6)67-46-55(45-66(78)70(67)76)77(51-24-14-12-15-25-51)52-26-16-13-17-27-52/h12-47H,1-11H3. The van der Waals surface area contributed by atoms with Crippen LogP contribution in [0.4, 0.5) is 51.2 Å². The van der Waals surface area contributed by atoms with Crippen molar-refractivity contribution in [2.24, 2.45) is 0 Å². The van der Waals surface area contributed by atoms with Crippen molar-refractivity contribution in [3.63, 3.8) is 0 Å². The van der Waals surface area contributed by atoms with E-state index in [0.717, 1.165) is 28.4 Å². The lowest BCUT2D eigenvalue weighted by Crippen LogP contribution is -2.62. The maximum absolute atomic E-state index is 2.68. The van der Waals surface area contributed by atoms with Gasteiger partial charge in [0.2, 0.25) is 0 Å². The maximum atomic E-state index is 2.68. The highest BCUT2D eigenvalue weighted by atomic mass is 15.2. The second-order valence-corrected chi connectivity index (χ2v) is 26.2. The predicted molar refractivity (Wildman–Crippen MR) is 343 cm³/mol. The zero-order valence-electron chi connectivity index (χ0n) is 48.2. The zero-order valence-corrected chi connectivity index (χ0v) is 48.2. The van der Waals surface area contributed by atoms with Crippen LogP contribution >= 0.6 is 0 Å². The number of para-hydroxylation sites is 4. The van der Waals surface area contributed by atoms with Gasteiger partial charge in [0.15, 0.2) is 0 Å². The highest BCUT2D eigenvalue weighted by molar-refractivity contribution is 7.00. The van der Waals surface area contributed by atoms with Gasteiger partial charge < -0.3 is 19.3 Å². The van der Waals surface area contributed by atoms with Gasteiger partial charge >= 0.3 is 0 Å². The molecule has 0 radical (unpaired) electrons. The molecular formula is C75H69BN4. The monoisotopic (exact) mass is 1040 g/mol. The smallest absolute Gasteiger partial charge is 0.252 e. The lowest BCUT2D eigenvalue weighted by molar-refractivity contribution is 0.590. The quantitative estimate of drug-likeness (QED) is 0.154. The summed E-state index contributed by atoms with van der Waals surface area (Å²) in [6, 6.07) is 83.2. The van der Waals surface area contributed by atoms with Crippen molar-refractivity contribution in [2.45, 2.75) is 97.8 Å². The fourth-order valence-corrected chi connectivity index (χ4v) is 13.7. The van der Waals surface area contributed by atoms with E-state index in [4.69, 9.17) is 0 Å². The van der Waals surface area contributed by atoms with Crippen LogP contribution in [-0.4, -0.2) is 11.3 Å². The maximum Gasteiger partial charge on any atom is 0.252 e. The van der Waals surface area contributed by atoms with Crippen LogP contribution in [0.2, 0.25) is 0 Å². The Balaban J connectivity index is 1.19. The summed E-state index contributed by atoms with van der Waals surface area (Å²) in [6.07, 6.45) is 0. The summed E-state index contributed by atoms with van der Waals surface area (Å²) in [5, 5.41) is 2.52. The van der Waals surface area contributed by atoms with E-state index in [1.807, 2.05) is 0 Å². The second kappa shape index (κ2) is 17.7. The fourth-order valence-electron chi connectivity index (χ4n) is 13.7. The lowest BCUT2D eigenvalue weighted by Gasteiger charge is -2.46. The number of anilines is 9. The van der Waals surface area contributed by atoms with E-state index in [0.29, 0.717) is 0 Å². The van der Waals surface area contributed by atoms with Crippen molar-refractivity contribution in [3.05, 3.63) is 246 Å². The first kappa shape index (κ1) is 49.7. The highest BCUT2D eigenvalue weighted by Crippen LogP contribution is 2.58. The number of hydrogen-bond acceptors (Lipinski definition) is 3. The van der Waals surface area contributed by atoms with Gasteiger partial charge in [-0.3, -0.25) is 0 Å². The number of aromatic nitrogens is 1. The molecule has 5 heteroatoms. The average Bonchev–Trinajstić information content (AvgIpc) is 4.10. The molecule has 1 aromatic heterocycles. The largest absolute Gasteiger partial charge is 0.311 e. The molecule has 0 N–H and O–H groups in total. The number of fused-ring (bicyclic) bond motifs is 11. The van der Waals surface area contributed by atoms with Crippen LogP contribution in [0, 0.1) is 0 Å². The zero-order chi connectivity index (χ0) is 55.2. The highest BCUT2D eigenvalue weighted by Gasteiger charge is 2.49. The van der Waals surface area contributed by atoms with Crippen LogP contribution in [0.15, 0.2) is 218 Å². The molecule has 0 unspecified atom stereocenters. The topological polar surface area (TPSA) is 14.7 Å². The average molecular weight is 1040 g/mol. The Morgan fingerprint density at radius 1 is 0.400 bits per heavy atom. The molecule has 2 aliphatic heterocycles. The molecule has 3 heterocycles. The molecule has 4 nitrogen and oxygen atoms in total. The molecular weight excluding hydrogens is 968 g/mol. The molecule has 11 aromatic rings. The van der Waals surface area contributed by atoms with Crippen LogP contribution in [-0.2, 0) is 21.7 Å². The van der Waals surface area contributed by atoms with Crippen molar-refractivity contribution in [1.29, 1.82) is 0 Å². The minimum Gasteiger partial charge on any atom is -0.311 e. The van der Waals surface area contributed by atoms with Crippen molar-refractivity contribution in [2.75, 3.05) is 14.7 Å². The SMILES string of the molecule is CC(C)(C)c1ccc(N2c3ccc(C(C)(C)C)cc3B3c4cc(-n5c6ccccc6c6ccccc65)c5c(c4N(c4ccc(C(C)(C)C)cc4)c4cc(N(c6ccccc6)c6ccccc6)cc2c43)-c2ccccc2C5(C)C)cc1. The summed E-state index contributed by atoms with van der Waals surface area (Å²) in [6.45, 7) is 25.7. The summed E-state index contributed by atoms with van der Waals surface area (Å²) in [7, 11) is 0. The van der Waals surface area contributed by atoms with E-state index in [-0.39, 0.29) is 28.4 Å². The Bertz CT molecular complexity index is 4170. The molecule has 0 atom stereocenters. The Hall–Kier alpha value is -8.54. The van der Waals surface area contributed by atoms with Gasteiger partial charge in [-0.1, -0.05) is 210 Å². The molecule has 392 valence electrons. The summed E-state index contributed by atoms with van der Waals surface area (Å²) in [5.74, 6) is 0. The molecule has 0 spiro atoms. The van der Waals surface area contributed by atoms with Crippen molar-refractivity contribution >= 4 is 96.1 Å². The Morgan fingerprint density at radius 3 is 1.43 bits per heavy atom. The number of nitrogens with zero attached hydrogens (tertiary/aromatic N) is 4. The molecule has 0 bridgehead atoms. The van der Waals surface area contributed by atoms with Gasteiger partial charge in [-0.05, 0) is 151 Å². The van der Waals surface area contributed by atoms with Crippen LogP contribution in [0.3, 0.4) is 0 Å². The van der Waals surface area contributed by atoms with Gasteiger partial charge in [0, 0.05) is 67.2 Å². The minimum atomic E-state index is -0.366. The van der Waals surface area contributed by atoms with E-state index in [2.05, 4.69) is 314 Å². The molecule has 0 saturated heterocycles. The Labute approximate surface area is 473 Å². The molecule has 10 aromatic carbocycles. The van der Waals surface area contributed by atoms with E-state index in [1.165, 1.54) is 106 Å². The van der Waals surface area contributed by atoms with E-state index >= 15 is 0 Å². The summed E-state index contributed by atoms with van der Waals surface area (Å²) in [4.78, 5) is 7.73. The van der Waals surface area contributed by atoms with Gasteiger partial charge in [-0.2, -0.15) is 0 Å². The first-order valence-corrected chi connectivity index (χ1v) is 28.7. The van der Waals surface area contributed by atoms with Gasteiger partial charge in [-0.15, -0.1) is 0 Å². The van der Waals surface area contributed by atoms with Gasteiger partial charge in [0.1, 0.15) is 0 Å². The summed E-state index contributed by atoms with van der Waals surface area (Å²) in [5.41, 5.74) is 26.6. The van der Waals surface area contributed by atoms with Gasteiger partial charge in [0.25, 0.3) is 6.71 Å². The summed E-state index contributed by atoms with van der Waals surface area (Å²) < 4.78 is 2.61. The predicted octanol–water partition coefficient (Wildman–Crippen LogP) is 18.5. The van der Waals surface area contributed by atoms with Crippen LogP contribution < -0.4 is 31.1 Å². The Kier molecular flexibility index (Phi) is 11.0. The third-order valence-corrected chi connectivity index (χ3v) is 17.8. The van der Waals surface area contributed by atoms with E-state index in [9.17, 15) is 0 Å². The van der Waals surface area contributed by atoms with E-state index in [1.54, 1.807) is 0 Å². The minimum absolute atomic E-state index is 0.00966. The number of hydrogen-bond donors (Lipinski definition) is 0. The molecule has 0 saturated carbocycles. The molecule has 80 heavy (non-hydrogen) atoms. The molecule has 0 amide bonds. The third-order valence-electron chi connectivity index (χ3n) is 17.8. The summed E-state index contributed by atoms with van der Waals surface area (Å²) >= 11 is 0. The van der Waals surface area contributed by atoms with Crippen LogP contribution in [0.25, 0.3) is 38.6 Å². The lowest BCUT2D eigenvalue weighted by atomic mass is 9.33. The Morgan fingerprint density at radius 2 is 0.875 bits per heavy atom. The molecule has 1 aliphatic carbocycles. The normalized spacial score (nSPS) is 14.2. The van der Waals surface area contributed by atoms with E-state index < -0.39 is 0 Å². The van der Waals surface area contributed by atoms with Crippen LogP contribution in [0.5, 0.6) is 0 Å².